The van der Waals surface area contributed by atoms with Crippen molar-refractivity contribution in [2.24, 2.45) is 14.0 Å². The molecule has 1 aliphatic rings. The minimum absolute atomic E-state index is 0.217. The number of aryl methyl sites for hydroxylation is 2. The first kappa shape index (κ1) is 22.4. The molecule has 0 N–H and O–H groups in total. The van der Waals surface area contributed by atoms with Gasteiger partial charge in [-0.05, 0) is 57.4 Å². The Bertz CT molecular complexity index is 1900. The Balaban J connectivity index is 1.48. The van der Waals surface area contributed by atoms with Gasteiger partial charge in [0.1, 0.15) is 5.60 Å². The van der Waals surface area contributed by atoms with E-state index in [2.05, 4.69) is 15.1 Å². The lowest BCUT2D eigenvalue weighted by Gasteiger charge is -2.34. The Kier molecular flexibility index (Phi) is 5.38. The summed E-state index contributed by atoms with van der Waals surface area (Å²) in [7, 11) is 1.85. The Morgan fingerprint density at radius 1 is 1.07 bits per heavy atom. The highest BCUT2D eigenvalue weighted by Gasteiger charge is 2.31. The molecule has 0 saturated carbocycles. The van der Waals surface area contributed by atoms with Gasteiger partial charge in [0.2, 0.25) is 0 Å². The fourth-order valence-electron chi connectivity index (χ4n) is 5.36. The molecule has 1 atom stereocenters. The number of likely N-dealkylation sites (tertiary alicyclic amines) is 1. The van der Waals surface area contributed by atoms with Crippen LogP contribution >= 0.6 is 0 Å². The first-order valence-corrected chi connectivity index (χ1v) is 13.3. The summed E-state index contributed by atoms with van der Waals surface area (Å²) in [6, 6.07) is 9.13. The molecule has 6 rings (SSSR count). The van der Waals surface area contributed by atoms with Crippen molar-refractivity contribution in [3.8, 4) is 22.4 Å². The second-order valence-corrected chi connectivity index (χ2v) is 11.3. The third-order valence-corrected chi connectivity index (χ3v) is 7.21. The molecule has 1 unspecified atom stereocenters. The van der Waals surface area contributed by atoms with Gasteiger partial charge in [-0.1, -0.05) is 12.1 Å². The number of fused-ring (bicyclic) bond motifs is 3. The summed E-state index contributed by atoms with van der Waals surface area (Å²) in [5.74, 6) is 0. The summed E-state index contributed by atoms with van der Waals surface area (Å²) < 4.78 is 34.2. The third kappa shape index (κ3) is 4.63. The molecule has 5 heterocycles. The second-order valence-electron chi connectivity index (χ2n) is 11.3. The molecule has 40 heavy (non-hydrogen) atoms. The monoisotopic (exact) mass is 542 g/mol. The van der Waals surface area contributed by atoms with Crippen LogP contribution in [0.25, 0.3) is 44.3 Å². The number of ether oxygens (including phenoxy) is 1. The number of aromatic nitrogens is 6. The van der Waals surface area contributed by atoms with Crippen LogP contribution in [-0.4, -0.2) is 58.6 Å². The molecule has 1 aliphatic heterocycles. The van der Waals surface area contributed by atoms with E-state index in [1.165, 1.54) is 10.8 Å². The summed E-state index contributed by atoms with van der Waals surface area (Å²) in [5.41, 5.74) is 3.37. The van der Waals surface area contributed by atoms with Crippen LogP contribution in [0.4, 0.5) is 4.79 Å². The van der Waals surface area contributed by atoms with Gasteiger partial charge in [-0.2, -0.15) is 5.10 Å². The quantitative estimate of drug-likeness (QED) is 0.321. The molecule has 1 amide bonds. The van der Waals surface area contributed by atoms with Crippen LogP contribution < -0.4 is 5.69 Å². The van der Waals surface area contributed by atoms with Crippen LogP contribution in [0.5, 0.6) is 0 Å². The highest BCUT2D eigenvalue weighted by molar-refractivity contribution is 6.04. The Labute approximate surface area is 236 Å². The maximum Gasteiger partial charge on any atom is 0.410 e. The van der Waals surface area contributed by atoms with Crippen LogP contribution in [0.1, 0.15) is 43.8 Å². The Hall–Kier alpha value is -4.47. The highest BCUT2D eigenvalue weighted by Crippen LogP contribution is 2.32. The number of hydrogen-bond acceptors (Lipinski definition) is 6. The topological polar surface area (TPSA) is 100 Å². The summed E-state index contributed by atoms with van der Waals surface area (Å²) in [6.45, 7) is 3.40. The van der Waals surface area contributed by atoms with Crippen molar-refractivity contribution in [3.05, 3.63) is 65.6 Å². The van der Waals surface area contributed by atoms with E-state index in [4.69, 9.17) is 8.85 Å². The molecule has 10 heteroatoms. The summed E-state index contributed by atoms with van der Waals surface area (Å²) in [5, 5.41) is 4.85. The highest BCUT2D eigenvalue weighted by atomic mass is 16.6. The fraction of sp³-hybridized carbons (Fsp3) is 0.367. The van der Waals surface area contributed by atoms with E-state index >= 15 is 0 Å². The van der Waals surface area contributed by atoms with E-state index in [9.17, 15) is 9.59 Å². The largest absolute Gasteiger partial charge is 0.444 e. The predicted octanol–water partition coefficient (Wildman–Crippen LogP) is 4.92. The number of rotatable bonds is 3. The van der Waals surface area contributed by atoms with Crippen molar-refractivity contribution in [2.75, 3.05) is 13.1 Å². The molecule has 1 aromatic carbocycles. The molecular weight excluding hydrogens is 506 g/mol. The number of carbonyl (C=O) groups is 1. The van der Waals surface area contributed by atoms with E-state index in [1.807, 2.05) is 43.6 Å². The van der Waals surface area contributed by atoms with Crippen molar-refractivity contribution >= 4 is 28.0 Å². The zero-order chi connectivity index (χ0) is 30.7. The molecule has 1 saturated heterocycles. The Morgan fingerprint density at radius 2 is 1.90 bits per heavy atom. The summed E-state index contributed by atoms with van der Waals surface area (Å²) >= 11 is 0. The molecule has 0 aliphatic carbocycles. The SMILES string of the molecule is [2H]C([2H])([2H])n1c(=O)n(C2CCCN(C(=O)OC(C)(C)C)C2)c2c3cc(-c4ccc(-c5cnn(C)c5)nc4)ccc3ncc21. The minimum Gasteiger partial charge on any atom is -0.444 e. The normalized spacial score (nSPS) is 17.6. The lowest BCUT2D eigenvalue weighted by atomic mass is 10.0. The van der Waals surface area contributed by atoms with E-state index in [0.29, 0.717) is 35.8 Å². The Morgan fingerprint density at radius 3 is 2.60 bits per heavy atom. The van der Waals surface area contributed by atoms with Gasteiger partial charge in [0.15, 0.2) is 0 Å². The van der Waals surface area contributed by atoms with Crippen molar-refractivity contribution in [2.45, 2.75) is 45.3 Å². The minimum atomic E-state index is -2.72. The number of piperidine rings is 1. The lowest BCUT2D eigenvalue weighted by molar-refractivity contribution is 0.0173. The van der Waals surface area contributed by atoms with E-state index in [-0.39, 0.29) is 12.1 Å². The van der Waals surface area contributed by atoms with Gasteiger partial charge in [0.05, 0.1) is 40.7 Å². The van der Waals surface area contributed by atoms with Gasteiger partial charge in [-0.25, -0.2) is 9.59 Å². The lowest BCUT2D eigenvalue weighted by Crippen LogP contribution is -2.45. The average Bonchev–Trinajstić information content (AvgIpc) is 3.52. The van der Waals surface area contributed by atoms with Crippen molar-refractivity contribution in [1.29, 1.82) is 0 Å². The molecule has 10 nitrogen and oxygen atoms in total. The van der Waals surface area contributed by atoms with Gasteiger partial charge in [0, 0.05) is 60.1 Å². The molecule has 0 spiro atoms. The zero-order valence-corrected chi connectivity index (χ0v) is 23.0. The second kappa shape index (κ2) is 9.62. The molecular formula is C30H33N7O3. The third-order valence-electron chi connectivity index (χ3n) is 7.21. The van der Waals surface area contributed by atoms with Gasteiger partial charge in [-0.3, -0.25) is 23.8 Å². The summed E-state index contributed by atoms with van der Waals surface area (Å²) in [6.07, 6.45) is 7.65. The van der Waals surface area contributed by atoms with Crippen molar-refractivity contribution in [3.63, 3.8) is 0 Å². The first-order chi connectivity index (χ1) is 20.3. The van der Waals surface area contributed by atoms with Crippen LogP contribution in [0.15, 0.2) is 59.9 Å². The number of benzene rings is 1. The molecule has 206 valence electrons. The van der Waals surface area contributed by atoms with Gasteiger partial charge in [0.25, 0.3) is 0 Å². The van der Waals surface area contributed by atoms with Crippen molar-refractivity contribution in [1.82, 2.24) is 33.8 Å². The average molecular weight is 543 g/mol. The number of pyridine rings is 2. The number of hydrogen-bond donors (Lipinski definition) is 0. The maximum absolute atomic E-state index is 13.9. The van der Waals surface area contributed by atoms with Gasteiger partial charge in [-0.15, -0.1) is 0 Å². The molecule has 5 aromatic rings. The number of amides is 1. The number of carbonyl (C=O) groups excluding carboxylic acids is 1. The van der Waals surface area contributed by atoms with E-state index < -0.39 is 30.4 Å². The van der Waals surface area contributed by atoms with Crippen LogP contribution in [-0.2, 0) is 18.8 Å². The fourth-order valence-corrected chi connectivity index (χ4v) is 5.36. The standard InChI is InChI=1S/C30H33N7O3/c1-30(2,3)40-29(39)36-12-6-7-22(18-36)37-27-23-13-19(8-11-25(23)32-16-26(27)35(5)28(37)38)20-9-10-24(31-14-20)21-15-33-34(4)17-21/h8-11,13-17,22H,6-7,12,18H2,1-5H3/i5D3. The van der Waals surface area contributed by atoms with E-state index in [0.717, 1.165) is 27.0 Å². The zero-order valence-electron chi connectivity index (χ0n) is 26.0. The predicted molar refractivity (Wildman–Crippen MR) is 154 cm³/mol. The van der Waals surface area contributed by atoms with Crippen LogP contribution in [0.2, 0.25) is 0 Å². The van der Waals surface area contributed by atoms with E-state index in [1.54, 1.807) is 42.7 Å². The van der Waals surface area contributed by atoms with Crippen molar-refractivity contribution < 1.29 is 13.6 Å². The molecule has 1 fully saturated rings. The molecule has 4 aromatic heterocycles. The molecule has 0 bridgehead atoms. The number of nitrogens with zero attached hydrogens (tertiary/aromatic N) is 7. The van der Waals surface area contributed by atoms with Gasteiger partial charge < -0.3 is 9.64 Å². The molecule has 0 radical (unpaired) electrons. The summed E-state index contributed by atoms with van der Waals surface area (Å²) in [4.78, 5) is 37.6. The van der Waals surface area contributed by atoms with Crippen LogP contribution in [0, 0.1) is 0 Å². The maximum atomic E-state index is 13.9. The van der Waals surface area contributed by atoms with Crippen LogP contribution in [0.3, 0.4) is 0 Å². The first-order valence-electron chi connectivity index (χ1n) is 14.8. The number of imidazole rings is 1. The smallest absolute Gasteiger partial charge is 0.410 e. The van der Waals surface area contributed by atoms with Gasteiger partial charge >= 0.3 is 11.8 Å².